The molecular formula is C20H12N4S3. The van der Waals surface area contributed by atoms with E-state index in [-0.39, 0.29) is 22.6 Å². The van der Waals surface area contributed by atoms with E-state index in [1.807, 2.05) is 36.4 Å². The Morgan fingerprint density at radius 3 is 1.37 bits per heavy atom. The van der Waals surface area contributed by atoms with Crippen LogP contribution in [0.2, 0.25) is 0 Å². The van der Waals surface area contributed by atoms with Crippen LogP contribution in [0, 0.1) is 33.5 Å². The molecule has 2 N–H and O–H groups in total. The molecule has 2 aromatic carbocycles. The lowest BCUT2D eigenvalue weighted by Gasteiger charge is -2.05. The Morgan fingerprint density at radius 1 is 0.667 bits per heavy atom. The van der Waals surface area contributed by atoms with Gasteiger partial charge in [-0.2, -0.15) is 10.5 Å². The Labute approximate surface area is 169 Å². The average molecular weight is 405 g/mol. The maximum atomic E-state index is 9.58. The maximum absolute atomic E-state index is 9.58. The van der Waals surface area contributed by atoms with Crippen molar-refractivity contribution in [1.82, 2.24) is 0 Å². The lowest BCUT2D eigenvalue weighted by molar-refractivity contribution is 1.45. The van der Waals surface area contributed by atoms with E-state index in [4.69, 9.17) is 10.8 Å². The summed E-state index contributed by atoms with van der Waals surface area (Å²) in [5, 5.41) is 35.9. The molecule has 0 bridgehead atoms. The number of rotatable bonds is 4. The highest BCUT2D eigenvalue weighted by Gasteiger charge is 2.27. The van der Waals surface area contributed by atoms with Gasteiger partial charge in [0.25, 0.3) is 0 Å². The molecule has 0 saturated carbocycles. The van der Waals surface area contributed by atoms with E-state index < -0.39 is 0 Å². The third-order valence-corrected chi connectivity index (χ3v) is 8.09. The Hall–Kier alpha value is -2.71. The minimum absolute atomic E-state index is 0.159. The second-order valence-electron chi connectivity index (χ2n) is 5.30. The summed E-state index contributed by atoms with van der Waals surface area (Å²) in [5.74, 6) is 0. The molecule has 1 saturated heterocycles. The largest absolute Gasteiger partial charge is 0.299 e. The van der Waals surface area contributed by atoms with Crippen LogP contribution in [0.15, 0.2) is 80.3 Å². The molecule has 1 heterocycles. The van der Waals surface area contributed by atoms with Crippen molar-refractivity contribution in [3.05, 3.63) is 91.4 Å². The Balaban J connectivity index is 1.94. The van der Waals surface area contributed by atoms with Crippen molar-refractivity contribution in [3.63, 3.8) is 0 Å². The molecule has 27 heavy (non-hydrogen) atoms. The van der Waals surface area contributed by atoms with Gasteiger partial charge in [0.15, 0.2) is 0 Å². The first kappa shape index (κ1) is 19.1. The van der Waals surface area contributed by atoms with Crippen LogP contribution in [0.3, 0.4) is 0 Å². The van der Waals surface area contributed by atoms with Crippen molar-refractivity contribution < 1.29 is 0 Å². The summed E-state index contributed by atoms with van der Waals surface area (Å²) in [7, 11) is 2.71. The molecule has 4 nitrogen and oxygen atoms in total. The zero-order chi connectivity index (χ0) is 19.2. The summed E-state index contributed by atoms with van der Waals surface area (Å²) in [6.45, 7) is 0. The van der Waals surface area contributed by atoms with Gasteiger partial charge in [0.2, 0.25) is 0 Å². The molecule has 1 aliphatic rings. The normalized spacial score (nSPS) is 16.8. The van der Waals surface area contributed by atoms with Gasteiger partial charge in [-0.05, 0) is 21.6 Å². The van der Waals surface area contributed by atoms with Crippen molar-refractivity contribution in [2.45, 2.75) is 0 Å². The lowest BCUT2D eigenvalue weighted by Crippen LogP contribution is -2.03. The van der Waals surface area contributed by atoms with E-state index in [0.717, 1.165) is 0 Å². The van der Waals surface area contributed by atoms with Crippen molar-refractivity contribution in [2.24, 2.45) is 0 Å². The first-order chi connectivity index (χ1) is 13.2. The fourth-order valence-electron chi connectivity index (χ4n) is 2.28. The fourth-order valence-corrected chi connectivity index (χ4v) is 6.68. The topological polar surface area (TPSA) is 95.3 Å². The molecule has 0 spiro atoms. The molecule has 0 aliphatic carbocycles. The van der Waals surface area contributed by atoms with Gasteiger partial charge in [0, 0.05) is 11.1 Å². The van der Waals surface area contributed by atoms with Crippen molar-refractivity contribution in [2.75, 3.05) is 0 Å². The van der Waals surface area contributed by atoms with Crippen molar-refractivity contribution >= 4 is 44.8 Å². The molecule has 0 aromatic heterocycles. The highest BCUT2D eigenvalue weighted by atomic mass is 33.1. The maximum Gasteiger partial charge on any atom is 0.103 e. The number of nitrogens with zero attached hydrogens (tertiary/aromatic N) is 2. The summed E-state index contributed by atoms with van der Waals surface area (Å²) in [5.41, 5.74) is 2.22. The quantitative estimate of drug-likeness (QED) is 0.386. The van der Waals surface area contributed by atoms with Gasteiger partial charge in [0.05, 0.1) is 31.0 Å². The smallest absolute Gasteiger partial charge is 0.103 e. The number of nitrogens with one attached hydrogen (secondary N) is 2. The predicted octanol–water partition coefficient (Wildman–Crippen LogP) is 5.72. The minimum Gasteiger partial charge on any atom is -0.299 e. The minimum atomic E-state index is 0.159. The highest BCUT2D eigenvalue weighted by molar-refractivity contribution is 8.86. The molecule has 7 heteroatoms. The molecule has 130 valence electrons. The number of thioether (sulfide) groups is 1. The van der Waals surface area contributed by atoms with Crippen LogP contribution in [0.5, 0.6) is 0 Å². The summed E-state index contributed by atoms with van der Waals surface area (Å²) >= 11 is 1.28. The summed E-state index contributed by atoms with van der Waals surface area (Å²) in [6, 6.07) is 22.4. The third kappa shape index (κ3) is 4.17. The van der Waals surface area contributed by atoms with Crippen molar-refractivity contribution in [1.29, 1.82) is 21.3 Å². The van der Waals surface area contributed by atoms with Crippen LogP contribution >= 0.6 is 33.3 Å². The van der Waals surface area contributed by atoms with Crippen molar-refractivity contribution in [3.8, 4) is 12.1 Å². The standard InChI is InChI=1S/C20H12N4S3/c21-11-15(17(23)13-7-3-1-4-8-13)19-25-20(27-26-19)16(12-22)18(24)14-9-5-2-6-10-14/h1-10,23-24H. The van der Waals surface area contributed by atoms with Crippen LogP contribution in [0.25, 0.3) is 0 Å². The molecular weight excluding hydrogens is 392 g/mol. The number of allylic oxidation sites excluding steroid dienone is 2. The molecule has 1 aliphatic heterocycles. The molecule has 0 atom stereocenters. The van der Waals surface area contributed by atoms with Gasteiger partial charge in [-0.25, -0.2) is 0 Å². The lowest BCUT2D eigenvalue weighted by atomic mass is 10.1. The molecule has 2 aromatic rings. The number of nitriles is 2. The van der Waals surface area contributed by atoms with Gasteiger partial charge in [-0.15, -0.1) is 0 Å². The monoisotopic (exact) mass is 404 g/mol. The Morgan fingerprint density at radius 2 is 1.04 bits per heavy atom. The number of benzene rings is 2. The van der Waals surface area contributed by atoms with Gasteiger partial charge in [0.1, 0.15) is 12.1 Å². The number of hydrogen-bond acceptors (Lipinski definition) is 7. The fraction of sp³-hybridized carbons (Fsp3) is 0. The van der Waals surface area contributed by atoms with Crippen LogP contribution in [0.1, 0.15) is 11.1 Å². The van der Waals surface area contributed by atoms with Crippen LogP contribution in [0.4, 0.5) is 0 Å². The SMILES string of the molecule is N#CC(C(=N)c1ccccc1)=C1SSC(=C(C#N)C(=N)c2ccccc2)S1. The summed E-state index contributed by atoms with van der Waals surface area (Å²) < 4.78 is 1.33. The van der Waals surface area contributed by atoms with Gasteiger partial charge in [-0.3, -0.25) is 10.8 Å². The van der Waals surface area contributed by atoms with E-state index in [2.05, 4.69) is 12.1 Å². The molecule has 0 unspecified atom stereocenters. The zero-order valence-corrected chi connectivity index (χ0v) is 16.3. The van der Waals surface area contributed by atoms with E-state index in [9.17, 15) is 10.5 Å². The van der Waals surface area contributed by atoms with E-state index in [1.165, 1.54) is 33.3 Å². The first-order valence-electron chi connectivity index (χ1n) is 7.75. The van der Waals surface area contributed by atoms with E-state index in [1.54, 1.807) is 24.3 Å². The summed E-state index contributed by atoms with van der Waals surface area (Å²) in [4.78, 5) is 0. The molecule has 1 fully saturated rings. The predicted molar refractivity (Wildman–Crippen MR) is 115 cm³/mol. The molecule has 0 amide bonds. The summed E-state index contributed by atoms with van der Waals surface area (Å²) in [6.07, 6.45) is 0. The second-order valence-corrected chi connectivity index (χ2v) is 8.99. The Bertz CT molecular complexity index is 957. The number of hydrogen-bond donors (Lipinski definition) is 2. The van der Waals surface area contributed by atoms with Crippen LogP contribution < -0.4 is 0 Å². The van der Waals surface area contributed by atoms with Gasteiger partial charge in [-0.1, -0.05) is 72.4 Å². The average Bonchev–Trinajstić information content (AvgIpc) is 3.19. The van der Waals surface area contributed by atoms with Gasteiger partial charge >= 0.3 is 0 Å². The first-order valence-corrected chi connectivity index (χ1v) is 10.7. The molecule has 3 rings (SSSR count). The van der Waals surface area contributed by atoms with Crippen LogP contribution in [-0.2, 0) is 0 Å². The van der Waals surface area contributed by atoms with E-state index >= 15 is 0 Å². The zero-order valence-electron chi connectivity index (χ0n) is 13.9. The highest BCUT2D eigenvalue weighted by Crippen LogP contribution is 2.59. The Kier molecular flexibility index (Phi) is 6.20. The van der Waals surface area contributed by atoms with Crippen LogP contribution in [-0.4, -0.2) is 11.4 Å². The van der Waals surface area contributed by atoms with E-state index in [0.29, 0.717) is 19.6 Å². The molecule has 0 radical (unpaired) electrons. The third-order valence-electron chi connectivity index (χ3n) is 3.64. The second kappa shape index (κ2) is 8.79. The van der Waals surface area contributed by atoms with Gasteiger partial charge < -0.3 is 0 Å².